The van der Waals surface area contributed by atoms with Gasteiger partial charge in [-0.15, -0.1) is 0 Å². The van der Waals surface area contributed by atoms with E-state index in [0.717, 1.165) is 17.7 Å². The average Bonchev–Trinajstić information content (AvgIpc) is 2.40. The van der Waals surface area contributed by atoms with Crippen molar-refractivity contribution in [1.29, 1.82) is 0 Å². The molecule has 0 aromatic heterocycles. The van der Waals surface area contributed by atoms with Crippen LogP contribution in [0.1, 0.15) is 16.7 Å². The summed E-state index contributed by atoms with van der Waals surface area (Å²) in [5, 5.41) is 0. The fourth-order valence-electron chi connectivity index (χ4n) is 2.00. The van der Waals surface area contributed by atoms with Crippen molar-refractivity contribution in [1.82, 2.24) is 0 Å². The molecule has 0 radical (unpaired) electrons. The minimum Gasteiger partial charge on any atom is -0.495 e. The molecule has 5 heteroatoms. The molecule has 0 saturated carbocycles. The number of rotatable bonds is 3. The molecular weight excluding hydrogens is 267 g/mol. The Kier molecular flexibility index (Phi) is 3.88. The second kappa shape index (κ2) is 5.45. The zero-order valence-electron chi connectivity index (χ0n) is 10.9. The number of nitrogen functional groups attached to an aromatic ring is 1. The van der Waals surface area contributed by atoms with Crippen LogP contribution in [0.5, 0.6) is 5.75 Å². The highest BCUT2D eigenvalue weighted by Crippen LogP contribution is 2.31. The molecule has 2 nitrogen and oxygen atoms in total. The number of methoxy groups -OCH3 is 1. The van der Waals surface area contributed by atoms with E-state index >= 15 is 0 Å². The summed E-state index contributed by atoms with van der Waals surface area (Å²) in [6.07, 6.45) is -4.01. The number of alkyl halides is 3. The molecule has 20 heavy (non-hydrogen) atoms. The Balaban J connectivity index is 2.31. The van der Waals surface area contributed by atoms with E-state index in [1.54, 1.807) is 24.3 Å². The highest BCUT2D eigenvalue weighted by Gasteiger charge is 2.30. The minimum atomic E-state index is -4.34. The van der Waals surface area contributed by atoms with Gasteiger partial charge >= 0.3 is 6.18 Å². The van der Waals surface area contributed by atoms with Gasteiger partial charge in [0.05, 0.1) is 18.4 Å². The summed E-state index contributed by atoms with van der Waals surface area (Å²) in [6.45, 7) is 0. The SMILES string of the molecule is COc1cccc(Cc2cccc(C(F)(F)F)c2)c1N. The molecule has 0 bridgehead atoms. The smallest absolute Gasteiger partial charge is 0.416 e. The number of benzene rings is 2. The Morgan fingerprint density at radius 1 is 1.10 bits per heavy atom. The van der Waals surface area contributed by atoms with Crippen molar-refractivity contribution in [3.63, 3.8) is 0 Å². The van der Waals surface area contributed by atoms with Crippen LogP contribution in [-0.4, -0.2) is 7.11 Å². The first-order chi connectivity index (χ1) is 9.41. The van der Waals surface area contributed by atoms with Gasteiger partial charge in [0.15, 0.2) is 0 Å². The van der Waals surface area contributed by atoms with E-state index in [1.165, 1.54) is 13.2 Å². The van der Waals surface area contributed by atoms with E-state index < -0.39 is 11.7 Å². The van der Waals surface area contributed by atoms with Gasteiger partial charge in [0.1, 0.15) is 5.75 Å². The van der Waals surface area contributed by atoms with Crippen LogP contribution < -0.4 is 10.5 Å². The Labute approximate surface area is 115 Å². The molecule has 0 amide bonds. The van der Waals surface area contributed by atoms with Gasteiger partial charge in [-0.1, -0.05) is 30.3 Å². The van der Waals surface area contributed by atoms with E-state index in [9.17, 15) is 13.2 Å². The second-order valence-electron chi connectivity index (χ2n) is 4.41. The topological polar surface area (TPSA) is 35.2 Å². The lowest BCUT2D eigenvalue weighted by Crippen LogP contribution is -2.05. The first-order valence-electron chi connectivity index (χ1n) is 5.99. The summed E-state index contributed by atoms with van der Waals surface area (Å²) in [6, 6.07) is 10.5. The Morgan fingerprint density at radius 2 is 1.80 bits per heavy atom. The first kappa shape index (κ1) is 14.2. The fourth-order valence-corrected chi connectivity index (χ4v) is 2.00. The molecule has 0 aliphatic carbocycles. The van der Waals surface area contributed by atoms with E-state index in [4.69, 9.17) is 10.5 Å². The predicted octanol–water partition coefficient (Wildman–Crippen LogP) is 3.89. The van der Waals surface area contributed by atoms with Crippen molar-refractivity contribution >= 4 is 5.69 Å². The molecule has 0 heterocycles. The van der Waals surface area contributed by atoms with E-state index in [2.05, 4.69) is 0 Å². The van der Waals surface area contributed by atoms with Gasteiger partial charge in [-0.3, -0.25) is 0 Å². The minimum absolute atomic E-state index is 0.326. The number of anilines is 1. The van der Waals surface area contributed by atoms with E-state index in [0.29, 0.717) is 23.4 Å². The summed E-state index contributed by atoms with van der Waals surface area (Å²) in [5.41, 5.74) is 7.01. The van der Waals surface area contributed by atoms with Crippen molar-refractivity contribution in [3.05, 3.63) is 59.2 Å². The van der Waals surface area contributed by atoms with Gasteiger partial charge in [0.25, 0.3) is 0 Å². The molecule has 2 aromatic rings. The zero-order valence-corrected chi connectivity index (χ0v) is 10.9. The van der Waals surface area contributed by atoms with E-state index in [1.807, 2.05) is 0 Å². The van der Waals surface area contributed by atoms with Crippen molar-refractivity contribution in [2.24, 2.45) is 0 Å². The maximum absolute atomic E-state index is 12.7. The number of hydrogen-bond acceptors (Lipinski definition) is 2. The lowest BCUT2D eigenvalue weighted by atomic mass is 10.0. The third-order valence-electron chi connectivity index (χ3n) is 3.03. The molecule has 2 rings (SSSR count). The third-order valence-corrected chi connectivity index (χ3v) is 3.03. The van der Waals surface area contributed by atoms with Crippen LogP contribution in [-0.2, 0) is 12.6 Å². The van der Waals surface area contributed by atoms with Crippen LogP contribution in [0.4, 0.5) is 18.9 Å². The summed E-state index contributed by atoms with van der Waals surface area (Å²) < 4.78 is 43.1. The summed E-state index contributed by atoms with van der Waals surface area (Å²) >= 11 is 0. The van der Waals surface area contributed by atoms with Crippen LogP contribution in [0.3, 0.4) is 0 Å². The zero-order chi connectivity index (χ0) is 14.8. The number of hydrogen-bond donors (Lipinski definition) is 1. The quantitative estimate of drug-likeness (QED) is 0.866. The molecular formula is C15H14F3NO. The monoisotopic (exact) mass is 281 g/mol. The van der Waals surface area contributed by atoms with Gasteiger partial charge < -0.3 is 10.5 Å². The maximum atomic E-state index is 12.7. The van der Waals surface area contributed by atoms with Gasteiger partial charge in [0.2, 0.25) is 0 Å². The molecule has 0 spiro atoms. The third kappa shape index (κ3) is 3.04. The lowest BCUT2D eigenvalue weighted by molar-refractivity contribution is -0.137. The summed E-state index contributed by atoms with van der Waals surface area (Å²) in [7, 11) is 1.50. The van der Waals surface area contributed by atoms with E-state index in [-0.39, 0.29) is 0 Å². The van der Waals surface area contributed by atoms with Gasteiger partial charge in [0, 0.05) is 0 Å². The summed E-state index contributed by atoms with van der Waals surface area (Å²) in [4.78, 5) is 0. The van der Waals surface area contributed by atoms with Crippen LogP contribution >= 0.6 is 0 Å². The van der Waals surface area contributed by atoms with Crippen molar-refractivity contribution < 1.29 is 17.9 Å². The van der Waals surface area contributed by atoms with Crippen LogP contribution in [0.25, 0.3) is 0 Å². The summed E-state index contributed by atoms with van der Waals surface area (Å²) in [5.74, 6) is 0.523. The van der Waals surface area contributed by atoms with Crippen LogP contribution in [0, 0.1) is 0 Å². The number of ether oxygens (including phenoxy) is 1. The van der Waals surface area contributed by atoms with Crippen molar-refractivity contribution in [2.45, 2.75) is 12.6 Å². The molecule has 0 saturated heterocycles. The molecule has 0 unspecified atom stereocenters. The highest BCUT2D eigenvalue weighted by atomic mass is 19.4. The van der Waals surface area contributed by atoms with Gasteiger partial charge in [-0.25, -0.2) is 0 Å². The normalized spacial score (nSPS) is 11.4. The Bertz CT molecular complexity index is 608. The highest BCUT2D eigenvalue weighted by molar-refractivity contribution is 5.59. The first-order valence-corrected chi connectivity index (χ1v) is 5.99. The van der Waals surface area contributed by atoms with Crippen LogP contribution in [0.2, 0.25) is 0 Å². The average molecular weight is 281 g/mol. The largest absolute Gasteiger partial charge is 0.495 e. The van der Waals surface area contributed by atoms with Crippen molar-refractivity contribution in [2.75, 3.05) is 12.8 Å². The standard InChI is InChI=1S/C15H14F3NO/c1-20-13-7-3-5-11(14(13)19)8-10-4-2-6-12(9-10)15(16,17)18/h2-7,9H,8,19H2,1H3. The Morgan fingerprint density at radius 3 is 2.45 bits per heavy atom. The molecule has 0 fully saturated rings. The molecule has 2 N–H and O–H groups in total. The molecule has 0 aliphatic rings. The number of halogens is 3. The predicted molar refractivity (Wildman–Crippen MR) is 71.7 cm³/mol. The van der Waals surface area contributed by atoms with Crippen LogP contribution in [0.15, 0.2) is 42.5 Å². The molecule has 106 valence electrons. The Hall–Kier alpha value is -2.17. The number of para-hydroxylation sites is 1. The molecule has 2 aromatic carbocycles. The fraction of sp³-hybridized carbons (Fsp3) is 0.200. The number of nitrogens with two attached hydrogens (primary N) is 1. The molecule has 0 atom stereocenters. The lowest BCUT2D eigenvalue weighted by Gasteiger charge is -2.12. The maximum Gasteiger partial charge on any atom is 0.416 e. The molecule has 0 aliphatic heterocycles. The second-order valence-corrected chi connectivity index (χ2v) is 4.41. The van der Waals surface area contributed by atoms with Gasteiger partial charge in [-0.05, 0) is 29.7 Å². The van der Waals surface area contributed by atoms with Crippen molar-refractivity contribution in [3.8, 4) is 5.75 Å². The van der Waals surface area contributed by atoms with Gasteiger partial charge in [-0.2, -0.15) is 13.2 Å².